The number of ether oxygens (including phenoxy) is 1. The average molecular weight is 465 g/mol. The van der Waals surface area contributed by atoms with Crippen LogP contribution in [0.5, 0.6) is 5.75 Å². The van der Waals surface area contributed by atoms with Crippen molar-refractivity contribution in [2.24, 2.45) is 11.8 Å². The molecule has 0 spiro atoms. The first-order chi connectivity index (χ1) is 16.5. The van der Waals surface area contributed by atoms with E-state index in [1.807, 2.05) is 30.6 Å². The van der Waals surface area contributed by atoms with E-state index in [2.05, 4.69) is 33.1 Å². The summed E-state index contributed by atoms with van der Waals surface area (Å²) in [7, 11) is 1.68. The molecule has 0 radical (unpaired) electrons. The Labute approximate surface area is 201 Å². The zero-order chi connectivity index (χ0) is 23.9. The van der Waals surface area contributed by atoms with Crippen molar-refractivity contribution in [1.29, 1.82) is 0 Å². The molecular weight excluding hydrogens is 428 g/mol. The van der Waals surface area contributed by atoms with Crippen LogP contribution in [0.15, 0.2) is 36.7 Å². The van der Waals surface area contributed by atoms with Crippen LogP contribution >= 0.6 is 0 Å². The number of fused-ring (bicyclic) bond motifs is 1. The second kappa shape index (κ2) is 11.5. The number of benzene rings is 1. The number of carbonyl (C=O) groups is 1. The molecule has 0 unspecified atom stereocenters. The van der Waals surface area contributed by atoms with Crippen molar-refractivity contribution in [1.82, 2.24) is 20.1 Å². The third-order valence-electron chi connectivity index (χ3n) is 7.32. The van der Waals surface area contributed by atoms with E-state index in [0.29, 0.717) is 6.54 Å². The van der Waals surface area contributed by atoms with Crippen molar-refractivity contribution in [3.05, 3.63) is 53.5 Å². The normalized spacial score (nSPS) is 18.9. The molecule has 0 saturated carbocycles. The van der Waals surface area contributed by atoms with Gasteiger partial charge in [-0.1, -0.05) is 0 Å². The number of likely N-dealkylation sites (tertiary alicyclic amines) is 1. The fourth-order valence-corrected chi connectivity index (χ4v) is 5.26. The number of carboxylic acids is 1. The molecule has 3 heterocycles. The van der Waals surface area contributed by atoms with Gasteiger partial charge < -0.3 is 14.7 Å². The fourth-order valence-electron chi connectivity index (χ4n) is 5.26. The zero-order valence-electron chi connectivity index (χ0n) is 20.3. The van der Waals surface area contributed by atoms with Gasteiger partial charge in [0.15, 0.2) is 0 Å². The second-order valence-electron chi connectivity index (χ2n) is 9.52. The predicted octanol–water partition coefficient (Wildman–Crippen LogP) is 4.64. The summed E-state index contributed by atoms with van der Waals surface area (Å²) in [4.78, 5) is 18.9. The fraction of sp³-hybridized carbons (Fsp3) is 0.519. The number of hydrogen-bond acceptors (Lipinski definition) is 5. The van der Waals surface area contributed by atoms with Gasteiger partial charge in [0, 0.05) is 23.8 Å². The first-order valence-corrected chi connectivity index (χ1v) is 12.4. The molecule has 7 heteroatoms. The number of nitrogens with zero attached hydrogens (tertiary/aromatic N) is 3. The van der Waals surface area contributed by atoms with Crippen molar-refractivity contribution in [2.75, 3.05) is 26.7 Å². The highest BCUT2D eigenvalue weighted by atomic mass is 16.5. The van der Waals surface area contributed by atoms with Crippen LogP contribution in [0.4, 0.5) is 0 Å². The summed E-state index contributed by atoms with van der Waals surface area (Å²) in [6.07, 6.45) is 10.8. The lowest BCUT2D eigenvalue weighted by molar-refractivity contribution is -0.146. The number of rotatable bonds is 11. The van der Waals surface area contributed by atoms with E-state index in [1.165, 1.54) is 11.1 Å². The molecule has 4 rings (SSSR count). The molecule has 1 aromatic carbocycles. The van der Waals surface area contributed by atoms with E-state index in [1.54, 1.807) is 7.11 Å². The number of hydrogen-bond donors (Lipinski definition) is 2. The Balaban J connectivity index is 1.26. The summed E-state index contributed by atoms with van der Waals surface area (Å²) in [5.41, 5.74) is 4.65. The number of pyridine rings is 1. The molecule has 2 aromatic heterocycles. The third kappa shape index (κ3) is 5.95. The lowest BCUT2D eigenvalue weighted by Gasteiger charge is -2.36. The zero-order valence-corrected chi connectivity index (χ0v) is 20.3. The standard InChI is InChI=1S/C27H36N4O3/c1-19-22(17-29-30-19)6-3-4-14-31-15-12-21(25(18-31)27(32)33)8-5-7-20-11-13-28-26-10-9-23(34-2)16-24(20)26/h9-11,13,16-17,21,25H,3-8,12,14-15,18H2,1-2H3,(H,29,30)(H,32,33)/t21-,25+/m1/s1. The third-order valence-corrected chi connectivity index (χ3v) is 7.32. The molecule has 1 aliphatic rings. The molecule has 1 saturated heterocycles. The van der Waals surface area contributed by atoms with Crippen molar-refractivity contribution in [2.45, 2.75) is 51.9 Å². The number of aromatic nitrogens is 3. The minimum Gasteiger partial charge on any atom is -0.497 e. The summed E-state index contributed by atoms with van der Waals surface area (Å²) in [5.74, 6) is 0.145. The Bertz CT molecular complexity index is 1100. The number of unbranched alkanes of at least 4 members (excludes halogenated alkanes) is 1. The molecule has 7 nitrogen and oxygen atoms in total. The minimum atomic E-state index is -0.650. The first kappa shape index (κ1) is 24.2. The van der Waals surface area contributed by atoms with E-state index >= 15 is 0 Å². The summed E-state index contributed by atoms with van der Waals surface area (Å²) in [5, 5.41) is 18.1. The van der Waals surface area contributed by atoms with Crippen LogP contribution in [0.3, 0.4) is 0 Å². The molecule has 0 aliphatic carbocycles. The molecule has 2 atom stereocenters. The van der Waals surface area contributed by atoms with Gasteiger partial charge in [-0.15, -0.1) is 0 Å². The van der Waals surface area contributed by atoms with E-state index in [9.17, 15) is 9.90 Å². The molecular formula is C27H36N4O3. The van der Waals surface area contributed by atoms with Crippen LogP contribution < -0.4 is 4.74 Å². The SMILES string of the molecule is COc1ccc2nccc(CCC[C@@H]3CCN(CCCCc4cn[nH]c4C)C[C@@H]3C(=O)O)c2c1. The van der Waals surface area contributed by atoms with Crippen molar-refractivity contribution in [3.8, 4) is 5.75 Å². The quantitative estimate of drug-likeness (QED) is 0.402. The number of aryl methyl sites for hydroxylation is 3. The van der Waals surface area contributed by atoms with Gasteiger partial charge in [0.2, 0.25) is 0 Å². The first-order valence-electron chi connectivity index (χ1n) is 12.4. The highest BCUT2D eigenvalue weighted by Crippen LogP contribution is 2.30. The van der Waals surface area contributed by atoms with Crippen molar-refractivity contribution >= 4 is 16.9 Å². The smallest absolute Gasteiger partial charge is 0.308 e. The Morgan fingerprint density at radius 2 is 2.06 bits per heavy atom. The molecule has 0 amide bonds. The van der Waals surface area contributed by atoms with Gasteiger partial charge in [0.05, 0.1) is 24.7 Å². The van der Waals surface area contributed by atoms with Crippen molar-refractivity contribution < 1.29 is 14.6 Å². The summed E-state index contributed by atoms with van der Waals surface area (Å²) in [6.45, 7) is 4.69. The van der Waals surface area contributed by atoms with Gasteiger partial charge in [-0.05, 0) is 106 Å². The Morgan fingerprint density at radius 1 is 1.21 bits per heavy atom. The Morgan fingerprint density at radius 3 is 2.82 bits per heavy atom. The maximum absolute atomic E-state index is 12.1. The second-order valence-corrected chi connectivity index (χ2v) is 9.52. The molecule has 1 fully saturated rings. The number of methoxy groups -OCH3 is 1. The molecule has 182 valence electrons. The molecule has 34 heavy (non-hydrogen) atoms. The highest BCUT2D eigenvalue weighted by molar-refractivity contribution is 5.83. The van der Waals surface area contributed by atoms with Crippen LogP contribution in [-0.4, -0.2) is 57.9 Å². The van der Waals surface area contributed by atoms with Gasteiger partial charge in [0.25, 0.3) is 0 Å². The van der Waals surface area contributed by atoms with Crippen molar-refractivity contribution in [3.63, 3.8) is 0 Å². The summed E-state index contributed by atoms with van der Waals surface area (Å²) < 4.78 is 5.38. The van der Waals surface area contributed by atoms with Gasteiger partial charge in [-0.2, -0.15) is 5.10 Å². The van der Waals surface area contributed by atoms with Crippen LogP contribution in [-0.2, 0) is 17.6 Å². The number of aromatic amines is 1. The largest absolute Gasteiger partial charge is 0.497 e. The summed E-state index contributed by atoms with van der Waals surface area (Å²) in [6, 6.07) is 8.04. The minimum absolute atomic E-state index is 0.241. The van der Waals surface area contributed by atoms with E-state index < -0.39 is 5.97 Å². The number of aliphatic carboxylic acids is 1. The highest BCUT2D eigenvalue weighted by Gasteiger charge is 2.33. The van der Waals surface area contributed by atoms with Gasteiger partial charge in [0.1, 0.15) is 5.75 Å². The van der Waals surface area contributed by atoms with Gasteiger partial charge >= 0.3 is 5.97 Å². The van der Waals surface area contributed by atoms with E-state index in [0.717, 1.165) is 80.4 Å². The Kier molecular flexibility index (Phi) is 8.16. The average Bonchev–Trinajstić information content (AvgIpc) is 3.26. The Hall–Kier alpha value is -2.93. The lowest BCUT2D eigenvalue weighted by atomic mass is 9.81. The van der Waals surface area contributed by atoms with Gasteiger partial charge in [-0.3, -0.25) is 14.9 Å². The maximum Gasteiger partial charge on any atom is 0.308 e. The van der Waals surface area contributed by atoms with Crippen LogP contribution in [0.25, 0.3) is 10.9 Å². The van der Waals surface area contributed by atoms with Gasteiger partial charge in [-0.25, -0.2) is 0 Å². The number of piperidine rings is 1. The lowest BCUT2D eigenvalue weighted by Crippen LogP contribution is -2.44. The monoisotopic (exact) mass is 464 g/mol. The van der Waals surface area contributed by atoms with Crippen LogP contribution in [0.1, 0.15) is 48.9 Å². The molecule has 3 aromatic rings. The number of H-pyrrole nitrogens is 1. The molecule has 2 N–H and O–H groups in total. The molecule has 1 aliphatic heterocycles. The summed E-state index contributed by atoms with van der Waals surface area (Å²) >= 11 is 0. The van der Waals surface area contributed by atoms with Crippen LogP contribution in [0.2, 0.25) is 0 Å². The van der Waals surface area contributed by atoms with Crippen LogP contribution in [0, 0.1) is 18.8 Å². The number of carboxylic acid groups (broad SMARTS) is 1. The maximum atomic E-state index is 12.1. The molecule has 0 bridgehead atoms. The van der Waals surface area contributed by atoms with E-state index in [4.69, 9.17) is 4.74 Å². The predicted molar refractivity (Wildman–Crippen MR) is 133 cm³/mol. The van der Waals surface area contributed by atoms with E-state index in [-0.39, 0.29) is 11.8 Å². The number of nitrogens with one attached hydrogen (secondary N) is 1. The topological polar surface area (TPSA) is 91.3 Å².